The Bertz CT molecular complexity index is 1020. The molecule has 0 amide bonds. The number of hydrogen-bond acceptors (Lipinski definition) is 8. The van der Waals surface area contributed by atoms with E-state index in [9.17, 15) is 14.4 Å². The van der Waals surface area contributed by atoms with Gasteiger partial charge in [-0.3, -0.25) is 0 Å². The van der Waals surface area contributed by atoms with Crippen LogP contribution in [0.4, 0.5) is 0 Å². The van der Waals surface area contributed by atoms with Crippen LogP contribution in [0.25, 0.3) is 16.7 Å². The molecule has 7 nitrogen and oxygen atoms in total. The molecule has 0 atom stereocenters. The van der Waals surface area contributed by atoms with Crippen LogP contribution in [0.1, 0.15) is 5.56 Å². The number of nitrogens with two attached hydrogens (primary N) is 1. The number of benzene rings is 1. The number of esters is 2. The normalized spacial score (nSPS) is 13.8. The standard InChI is InChI=1S/C17H13NO6S/c1-22-15(19)9-7-25-14-8-5-3-4-6-10(8)24-17(21)12(14)13(18)11(9)16(20)23-2/h3-7H,18H2,1-2H3. The average molecular weight is 359 g/mol. The quantitative estimate of drug-likeness (QED) is 0.639. The molecule has 2 N–H and O–H groups in total. The Morgan fingerprint density at radius 1 is 1.12 bits per heavy atom. The van der Waals surface area contributed by atoms with Crippen molar-refractivity contribution < 1.29 is 23.5 Å². The Labute approximate surface area is 146 Å². The number of carbonyl (C=O) groups is 2. The lowest BCUT2D eigenvalue weighted by molar-refractivity contribution is -0.139. The summed E-state index contributed by atoms with van der Waals surface area (Å²) in [4.78, 5) is 37.2. The summed E-state index contributed by atoms with van der Waals surface area (Å²) in [5.41, 5.74) is 5.27. The van der Waals surface area contributed by atoms with E-state index in [0.29, 0.717) is 15.9 Å². The van der Waals surface area contributed by atoms with E-state index in [0.717, 1.165) is 18.9 Å². The fourth-order valence-corrected chi connectivity index (χ4v) is 3.56. The van der Waals surface area contributed by atoms with Crippen molar-refractivity contribution >= 4 is 40.4 Å². The van der Waals surface area contributed by atoms with Gasteiger partial charge in [-0.2, -0.15) is 0 Å². The highest BCUT2D eigenvalue weighted by molar-refractivity contribution is 8.02. The van der Waals surface area contributed by atoms with Crippen LogP contribution in [0.15, 0.2) is 54.9 Å². The van der Waals surface area contributed by atoms with Gasteiger partial charge in [0.1, 0.15) is 5.58 Å². The summed E-state index contributed by atoms with van der Waals surface area (Å²) in [6.07, 6.45) is 0. The predicted octanol–water partition coefficient (Wildman–Crippen LogP) is 1.80. The largest absolute Gasteiger partial charge is 0.465 e. The lowest BCUT2D eigenvalue weighted by atomic mass is 10.0. The highest BCUT2D eigenvalue weighted by Gasteiger charge is 2.31. The highest BCUT2D eigenvalue weighted by Crippen LogP contribution is 2.38. The molecule has 1 aliphatic rings. The van der Waals surface area contributed by atoms with Gasteiger partial charge >= 0.3 is 17.6 Å². The summed E-state index contributed by atoms with van der Waals surface area (Å²) in [6.45, 7) is 0. The van der Waals surface area contributed by atoms with E-state index in [4.69, 9.17) is 19.6 Å². The Hall–Kier alpha value is -3.00. The first kappa shape index (κ1) is 16.8. The van der Waals surface area contributed by atoms with E-state index >= 15 is 0 Å². The van der Waals surface area contributed by atoms with Gasteiger partial charge in [0.25, 0.3) is 0 Å². The first-order valence-electron chi connectivity index (χ1n) is 7.09. The van der Waals surface area contributed by atoms with Crippen molar-refractivity contribution in [2.75, 3.05) is 14.2 Å². The molecule has 0 bridgehead atoms. The zero-order chi connectivity index (χ0) is 18.1. The third-order valence-electron chi connectivity index (χ3n) is 3.66. The van der Waals surface area contributed by atoms with Crippen LogP contribution < -0.4 is 11.4 Å². The number of hydrogen-bond donors (Lipinski definition) is 1. The molecule has 0 saturated carbocycles. The van der Waals surface area contributed by atoms with E-state index in [1.54, 1.807) is 24.3 Å². The second-order valence-corrected chi connectivity index (χ2v) is 5.89. The summed E-state index contributed by atoms with van der Waals surface area (Å²) in [6, 6.07) is 6.91. The van der Waals surface area contributed by atoms with E-state index in [1.807, 2.05) is 0 Å². The molecule has 0 aliphatic carbocycles. The van der Waals surface area contributed by atoms with Crippen LogP contribution in [0.2, 0.25) is 0 Å². The van der Waals surface area contributed by atoms with Gasteiger partial charge in [0.05, 0.1) is 36.6 Å². The maximum absolute atomic E-state index is 12.5. The molecular weight excluding hydrogens is 346 g/mol. The van der Waals surface area contributed by atoms with E-state index in [2.05, 4.69) is 0 Å². The SMILES string of the molecule is COC(=O)C1=CSc2c(c(=O)oc3ccccc23)C(N)=C1C(=O)OC. The van der Waals surface area contributed by atoms with Crippen molar-refractivity contribution in [3.8, 4) is 0 Å². The van der Waals surface area contributed by atoms with Gasteiger partial charge in [0.2, 0.25) is 0 Å². The van der Waals surface area contributed by atoms with Gasteiger partial charge in [0, 0.05) is 10.3 Å². The highest BCUT2D eigenvalue weighted by atomic mass is 32.2. The molecule has 128 valence electrons. The minimum absolute atomic E-state index is 0.0132. The van der Waals surface area contributed by atoms with Crippen molar-refractivity contribution in [3.05, 3.63) is 56.8 Å². The van der Waals surface area contributed by atoms with Crippen molar-refractivity contribution in [3.63, 3.8) is 0 Å². The van der Waals surface area contributed by atoms with Gasteiger partial charge < -0.3 is 19.6 Å². The zero-order valence-electron chi connectivity index (χ0n) is 13.3. The third kappa shape index (κ3) is 2.70. The van der Waals surface area contributed by atoms with Gasteiger partial charge in [-0.25, -0.2) is 14.4 Å². The molecule has 0 fully saturated rings. The summed E-state index contributed by atoms with van der Waals surface area (Å²) >= 11 is 1.09. The minimum atomic E-state index is -0.852. The zero-order valence-corrected chi connectivity index (χ0v) is 14.1. The molecule has 1 aliphatic heterocycles. The Kier molecular flexibility index (Phi) is 4.37. The molecule has 0 radical (unpaired) electrons. The molecule has 0 unspecified atom stereocenters. The first-order valence-corrected chi connectivity index (χ1v) is 7.97. The molecule has 2 heterocycles. The third-order valence-corrected chi connectivity index (χ3v) is 4.68. The second kappa shape index (κ2) is 6.48. The number of carbonyl (C=O) groups excluding carboxylic acids is 2. The fraction of sp³-hybridized carbons (Fsp3) is 0.118. The summed E-state index contributed by atoms with van der Waals surface area (Å²) in [7, 11) is 2.33. The fourth-order valence-electron chi connectivity index (χ4n) is 2.51. The maximum atomic E-state index is 12.5. The molecule has 3 rings (SSSR count). The molecule has 1 aromatic carbocycles. The van der Waals surface area contributed by atoms with Gasteiger partial charge in [0.15, 0.2) is 0 Å². The van der Waals surface area contributed by atoms with Crippen molar-refractivity contribution in [1.82, 2.24) is 0 Å². The molecular formula is C17H13NO6S. The molecule has 2 aromatic rings. The van der Waals surface area contributed by atoms with Gasteiger partial charge in [-0.1, -0.05) is 30.0 Å². The van der Waals surface area contributed by atoms with Crippen molar-refractivity contribution in [2.45, 2.75) is 4.90 Å². The number of rotatable bonds is 2. The number of para-hydroxylation sites is 1. The molecule has 1 aromatic heterocycles. The van der Waals surface area contributed by atoms with Crippen LogP contribution in [-0.2, 0) is 19.1 Å². The van der Waals surface area contributed by atoms with Crippen LogP contribution in [-0.4, -0.2) is 26.2 Å². The molecule has 0 spiro atoms. The summed E-state index contributed by atoms with van der Waals surface area (Å²) in [5, 5.41) is 2.06. The van der Waals surface area contributed by atoms with Crippen LogP contribution in [0.3, 0.4) is 0 Å². The van der Waals surface area contributed by atoms with Crippen molar-refractivity contribution in [1.29, 1.82) is 0 Å². The van der Waals surface area contributed by atoms with Gasteiger partial charge in [-0.05, 0) is 11.5 Å². The predicted molar refractivity (Wildman–Crippen MR) is 91.6 cm³/mol. The number of fused-ring (bicyclic) bond motifs is 3. The summed E-state index contributed by atoms with van der Waals surface area (Å²) < 4.78 is 14.7. The van der Waals surface area contributed by atoms with Crippen molar-refractivity contribution in [2.24, 2.45) is 5.73 Å². The monoisotopic (exact) mass is 359 g/mol. The Morgan fingerprint density at radius 3 is 2.48 bits per heavy atom. The lowest BCUT2D eigenvalue weighted by Gasteiger charge is -2.11. The first-order chi connectivity index (χ1) is 12.0. The minimum Gasteiger partial charge on any atom is -0.465 e. The Morgan fingerprint density at radius 2 is 1.80 bits per heavy atom. The van der Waals surface area contributed by atoms with Crippen LogP contribution in [0, 0.1) is 0 Å². The summed E-state index contributed by atoms with van der Waals surface area (Å²) in [5.74, 6) is -1.62. The lowest BCUT2D eigenvalue weighted by Crippen LogP contribution is -2.21. The van der Waals surface area contributed by atoms with E-state index in [1.165, 1.54) is 12.5 Å². The molecule has 8 heteroatoms. The Balaban J connectivity index is 2.42. The van der Waals surface area contributed by atoms with E-state index in [-0.39, 0.29) is 22.4 Å². The number of ether oxygens (including phenoxy) is 2. The van der Waals surface area contributed by atoms with Crippen LogP contribution in [0.5, 0.6) is 0 Å². The second-order valence-electron chi connectivity index (χ2n) is 5.01. The number of thioether (sulfide) groups is 1. The smallest absolute Gasteiger partial charge is 0.346 e. The van der Waals surface area contributed by atoms with Crippen LogP contribution >= 0.6 is 11.8 Å². The molecule has 25 heavy (non-hydrogen) atoms. The average Bonchev–Trinajstić information content (AvgIpc) is 2.77. The van der Waals surface area contributed by atoms with E-state index < -0.39 is 17.6 Å². The maximum Gasteiger partial charge on any atom is 0.346 e. The topological polar surface area (TPSA) is 109 Å². The van der Waals surface area contributed by atoms with Gasteiger partial charge in [-0.15, -0.1) is 0 Å². The molecule has 0 saturated heterocycles. The number of methoxy groups -OCH3 is 2.